The van der Waals surface area contributed by atoms with Crippen LogP contribution in [0.15, 0.2) is 24.3 Å². The number of nitrogens with zero attached hydrogens (tertiary/aromatic N) is 1. The van der Waals surface area contributed by atoms with E-state index >= 15 is 0 Å². The Morgan fingerprint density at radius 2 is 1.71 bits per heavy atom. The lowest BCUT2D eigenvalue weighted by molar-refractivity contribution is -0.128. The third-order valence-electron chi connectivity index (χ3n) is 3.55. The van der Waals surface area contributed by atoms with Crippen LogP contribution in [0.3, 0.4) is 0 Å². The van der Waals surface area contributed by atoms with Crippen LogP contribution in [0.1, 0.15) is 32.3 Å². The summed E-state index contributed by atoms with van der Waals surface area (Å²) in [6.45, 7) is 6.73. The van der Waals surface area contributed by atoms with Crippen molar-refractivity contribution < 1.29 is 18.0 Å². The van der Waals surface area contributed by atoms with Gasteiger partial charge in [0, 0.05) is 18.8 Å². The van der Waals surface area contributed by atoms with Gasteiger partial charge >= 0.3 is 0 Å². The van der Waals surface area contributed by atoms with Crippen molar-refractivity contribution in [3.8, 4) is 0 Å². The summed E-state index contributed by atoms with van der Waals surface area (Å²) in [7, 11) is -3.79. The molecule has 0 aromatic heterocycles. The highest BCUT2D eigenvalue weighted by Gasteiger charge is 2.23. The second-order valence-electron chi connectivity index (χ2n) is 5.77. The zero-order valence-electron chi connectivity index (χ0n) is 14.5. The van der Waals surface area contributed by atoms with Crippen LogP contribution in [-0.4, -0.2) is 49.7 Å². The van der Waals surface area contributed by atoms with Gasteiger partial charge in [-0.25, -0.2) is 8.42 Å². The van der Waals surface area contributed by atoms with Gasteiger partial charge in [-0.3, -0.25) is 9.59 Å². The van der Waals surface area contributed by atoms with Gasteiger partial charge in [0.05, 0.1) is 0 Å². The van der Waals surface area contributed by atoms with Crippen LogP contribution < -0.4 is 5.32 Å². The second-order valence-corrected chi connectivity index (χ2v) is 7.84. The molecule has 0 saturated carbocycles. The van der Waals surface area contributed by atoms with E-state index < -0.39 is 33.2 Å². The fourth-order valence-electron chi connectivity index (χ4n) is 2.17. The molecule has 1 aromatic carbocycles. The maximum absolute atomic E-state index is 12.1. The first kappa shape index (κ1) is 20.2. The summed E-state index contributed by atoms with van der Waals surface area (Å²) < 4.78 is 24.2. The van der Waals surface area contributed by atoms with E-state index in [2.05, 4.69) is 5.32 Å². The lowest BCUT2D eigenvalue weighted by Gasteiger charge is -2.20. The van der Waals surface area contributed by atoms with E-state index in [1.165, 1.54) is 4.90 Å². The van der Waals surface area contributed by atoms with Gasteiger partial charge < -0.3 is 10.2 Å². The molecular formula is C17H26N2O4S. The van der Waals surface area contributed by atoms with Crippen LogP contribution in [0.25, 0.3) is 0 Å². The number of rotatable bonds is 9. The van der Waals surface area contributed by atoms with Crippen LogP contribution in [0.4, 0.5) is 5.69 Å². The highest BCUT2D eigenvalue weighted by atomic mass is 32.2. The van der Waals surface area contributed by atoms with E-state index in [9.17, 15) is 18.0 Å². The number of hydrogen-bond donors (Lipinski definition) is 1. The number of aryl methyl sites for hydroxylation is 1. The molecule has 1 aromatic rings. The molecule has 0 aliphatic rings. The van der Waals surface area contributed by atoms with Crippen molar-refractivity contribution in [3.05, 3.63) is 29.8 Å². The molecule has 1 N–H and O–H groups in total. The number of nitrogens with one attached hydrogen (secondary N) is 1. The average Bonchev–Trinajstić information content (AvgIpc) is 2.49. The fraction of sp³-hybridized carbons (Fsp3) is 0.529. The minimum Gasteiger partial charge on any atom is -0.342 e. The number of unbranched alkanes of at least 4 members (excludes halogenated alkanes) is 1. The Kier molecular flexibility index (Phi) is 7.91. The number of sulfone groups is 1. The van der Waals surface area contributed by atoms with Gasteiger partial charge in [0.2, 0.25) is 11.8 Å². The zero-order valence-corrected chi connectivity index (χ0v) is 15.4. The van der Waals surface area contributed by atoms with Crippen LogP contribution >= 0.6 is 0 Å². The monoisotopic (exact) mass is 354 g/mol. The molecule has 6 nitrogen and oxygen atoms in total. The van der Waals surface area contributed by atoms with Crippen LogP contribution in [0.5, 0.6) is 0 Å². The lowest BCUT2D eigenvalue weighted by Crippen LogP contribution is -2.38. The van der Waals surface area contributed by atoms with Crippen molar-refractivity contribution in [2.75, 3.05) is 29.9 Å². The van der Waals surface area contributed by atoms with Gasteiger partial charge in [-0.15, -0.1) is 0 Å². The van der Waals surface area contributed by atoms with Crippen molar-refractivity contribution >= 4 is 27.3 Å². The summed E-state index contributed by atoms with van der Waals surface area (Å²) in [5.41, 5.74) is 1.57. The first-order valence-electron chi connectivity index (χ1n) is 8.12. The Balaban J connectivity index is 2.59. The largest absolute Gasteiger partial charge is 0.342 e. The quantitative estimate of drug-likeness (QED) is 0.735. The molecule has 0 aliphatic carbocycles. The van der Waals surface area contributed by atoms with Crippen molar-refractivity contribution in [2.24, 2.45) is 0 Å². The van der Waals surface area contributed by atoms with Gasteiger partial charge in [0.15, 0.2) is 9.84 Å². The van der Waals surface area contributed by atoms with Crippen molar-refractivity contribution in [3.63, 3.8) is 0 Å². The summed E-state index contributed by atoms with van der Waals surface area (Å²) in [5, 5.41) is 2.53. The van der Waals surface area contributed by atoms with E-state index in [1.54, 1.807) is 12.1 Å². The van der Waals surface area contributed by atoms with Crippen molar-refractivity contribution in [2.45, 2.75) is 33.6 Å². The van der Waals surface area contributed by atoms with Crippen molar-refractivity contribution in [1.29, 1.82) is 0 Å². The minimum atomic E-state index is -3.79. The summed E-state index contributed by atoms with van der Waals surface area (Å²) in [4.78, 5) is 25.5. The maximum atomic E-state index is 12.1. The number of anilines is 1. The predicted molar refractivity (Wildman–Crippen MR) is 95.6 cm³/mol. The number of carbonyl (C=O) groups is 2. The topological polar surface area (TPSA) is 83.6 Å². The molecule has 0 aliphatic heterocycles. The molecule has 0 fully saturated rings. The maximum Gasteiger partial charge on any atom is 0.239 e. The molecule has 2 amide bonds. The van der Waals surface area contributed by atoms with Gasteiger partial charge in [-0.05, 0) is 32.4 Å². The van der Waals surface area contributed by atoms with Gasteiger partial charge in [-0.1, -0.05) is 31.0 Å². The molecular weight excluding hydrogens is 328 g/mol. The van der Waals surface area contributed by atoms with Gasteiger partial charge in [0.25, 0.3) is 0 Å². The SMILES string of the molecule is CCCCN(CC)C(=O)CS(=O)(=O)CC(=O)Nc1ccc(C)cc1. The molecule has 1 rings (SSSR count). The second kappa shape index (κ2) is 9.42. The number of benzene rings is 1. The Morgan fingerprint density at radius 1 is 1.08 bits per heavy atom. The number of amides is 2. The molecule has 0 unspecified atom stereocenters. The molecule has 24 heavy (non-hydrogen) atoms. The predicted octanol–water partition coefficient (Wildman–Crippen LogP) is 2.00. The Morgan fingerprint density at radius 3 is 2.25 bits per heavy atom. The highest BCUT2D eigenvalue weighted by molar-refractivity contribution is 7.92. The van der Waals surface area contributed by atoms with Gasteiger partial charge in [0.1, 0.15) is 11.5 Å². The minimum absolute atomic E-state index is 0.450. The summed E-state index contributed by atoms with van der Waals surface area (Å²) in [5.74, 6) is -2.42. The average molecular weight is 354 g/mol. The molecule has 7 heteroatoms. The lowest BCUT2D eigenvalue weighted by atomic mass is 10.2. The summed E-state index contributed by atoms with van der Waals surface area (Å²) in [6, 6.07) is 7.05. The normalized spacial score (nSPS) is 11.1. The highest BCUT2D eigenvalue weighted by Crippen LogP contribution is 2.09. The van der Waals surface area contributed by atoms with E-state index in [0.717, 1.165) is 18.4 Å². The molecule has 0 heterocycles. The summed E-state index contributed by atoms with van der Waals surface area (Å²) in [6.07, 6.45) is 1.75. The molecule has 0 radical (unpaired) electrons. The fourth-order valence-corrected chi connectivity index (χ4v) is 3.30. The molecule has 0 bridgehead atoms. The van der Waals surface area contributed by atoms with Gasteiger partial charge in [-0.2, -0.15) is 0 Å². The molecule has 134 valence electrons. The smallest absolute Gasteiger partial charge is 0.239 e. The van der Waals surface area contributed by atoms with E-state index in [1.807, 2.05) is 32.9 Å². The van der Waals surface area contributed by atoms with Crippen molar-refractivity contribution in [1.82, 2.24) is 4.90 Å². The zero-order chi connectivity index (χ0) is 18.2. The van der Waals surface area contributed by atoms with E-state index in [-0.39, 0.29) is 0 Å². The van der Waals surface area contributed by atoms with Crippen LogP contribution in [0, 0.1) is 6.92 Å². The Bertz CT molecular complexity index is 654. The standard InChI is InChI=1S/C17H26N2O4S/c1-4-6-11-19(5-2)17(21)13-24(22,23)12-16(20)18-15-9-7-14(3)8-10-15/h7-10H,4-6,11-13H2,1-3H3,(H,18,20). The Hall–Kier alpha value is -1.89. The van der Waals surface area contributed by atoms with Crippen LogP contribution in [-0.2, 0) is 19.4 Å². The first-order valence-corrected chi connectivity index (χ1v) is 9.94. The molecule has 0 spiro atoms. The van der Waals surface area contributed by atoms with Crippen LogP contribution in [0.2, 0.25) is 0 Å². The Labute approximate surface area is 144 Å². The number of carbonyl (C=O) groups excluding carboxylic acids is 2. The molecule has 0 saturated heterocycles. The van der Waals surface area contributed by atoms with E-state index in [4.69, 9.17) is 0 Å². The third-order valence-corrected chi connectivity index (χ3v) is 4.93. The number of hydrogen-bond acceptors (Lipinski definition) is 4. The first-order chi connectivity index (χ1) is 11.3. The third kappa shape index (κ3) is 7.12. The van der Waals surface area contributed by atoms with E-state index in [0.29, 0.717) is 18.8 Å². The molecule has 0 atom stereocenters. The summed E-state index contributed by atoms with van der Waals surface area (Å²) >= 11 is 0.